The van der Waals surface area contributed by atoms with Gasteiger partial charge in [0.05, 0.1) is 21.2 Å². The average molecular weight is 693 g/mol. The molecule has 1 unspecified atom stereocenters. The van der Waals surface area contributed by atoms with Gasteiger partial charge in [0.1, 0.15) is 12.6 Å². The minimum Gasteiger partial charge on any atom is -0.354 e. The summed E-state index contributed by atoms with van der Waals surface area (Å²) in [5, 5.41) is 2.55. The van der Waals surface area contributed by atoms with Crippen LogP contribution in [0.2, 0.25) is 15.1 Å². The zero-order chi connectivity index (χ0) is 32.7. The van der Waals surface area contributed by atoms with Gasteiger partial charge in [-0.2, -0.15) is 13.2 Å². The SMILES string of the molecule is CCCCNC(=O)C(CC)N(Cc1c(Cl)cccc1Cl)C(=O)CN(c1ccc(Cl)c(C(F)(F)F)c1)S(=O)(=O)c1ccccc1. The Morgan fingerprint density at radius 3 is 2.11 bits per heavy atom. The van der Waals surface area contributed by atoms with Crippen LogP contribution in [0.25, 0.3) is 0 Å². The number of sulfonamides is 1. The molecule has 1 atom stereocenters. The standard InChI is InChI=1S/C30H31Cl3F3N3O4S/c1-3-5-16-37-29(41)27(4-2)38(18-22-24(31)12-9-13-25(22)32)28(40)19-39(44(42,43)21-10-7-6-8-11-21)20-14-15-26(33)23(17-20)30(34,35)36/h6-15,17,27H,3-5,16,18-19H2,1-2H3,(H,37,41). The van der Waals surface area contributed by atoms with Crippen LogP contribution in [0.1, 0.15) is 44.2 Å². The molecule has 0 saturated heterocycles. The molecule has 1 N–H and O–H groups in total. The lowest BCUT2D eigenvalue weighted by molar-refractivity contribution is -0.140. The first-order valence-electron chi connectivity index (χ1n) is 13.7. The van der Waals surface area contributed by atoms with Crippen LogP contribution in [-0.4, -0.2) is 44.3 Å². The molecule has 0 fully saturated rings. The second-order valence-corrected chi connectivity index (χ2v) is 12.9. The Morgan fingerprint density at radius 1 is 0.909 bits per heavy atom. The summed E-state index contributed by atoms with van der Waals surface area (Å²) in [5.41, 5.74) is -1.42. The summed E-state index contributed by atoms with van der Waals surface area (Å²) in [6.45, 7) is 2.75. The van der Waals surface area contributed by atoms with Crippen LogP contribution in [0.5, 0.6) is 0 Å². The van der Waals surface area contributed by atoms with Gasteiger partial charge in [-0.3, -0.25) is 13.9 Å². The number of benzene rings is 3. The van der Waals surface area contributed by atoms with Crippen molar-refractivity contribution in [2.24, 2.45) is 0 Å². The van der Waals surface area contributed by atoms with E-state index >= 15 is 0 Å². The third-order valence-corrected chi connectivity index (χ3v) is 9.58. The van der Waals surface area contributed by atoms with Gasteiger partial charge < -0.3 is 10.2 Å². The molecule has 0 aromatic heterocycles. The zero-order valence-electron chi connectivity index (χ0n) is 23.9. The number of anilines is 1. The van der Waals surface area contributed by atoms with Crippen LogP contribution in [0.3, 0.4) is 0 Å². The van der Waals surface area contributed by atoms with Crippen molar-refractivity contribution in [2.75, 3.05) is 17.4 Å². The van der Waals surface area contributed by atoms with E-state index in [1.54, 1.807) is 31.2 Å². The minimum atomic E-state index is -4.91. The first kappa shape index (κ1) is 35.5. The Bertz CT molecular complexity index is 1550. The second-order valence-electron chi connectivity index (χ2n) is 9.78. The molecule has 7 nitrogen and oxygen atoms in total. The number of hydrogen-bond acceptors (Lipinski definition) is 4. The van der Waals surface area contributed by atoms with Crippen molar-refractivity contribution in [2.45, 2.75) is 56.8 Å². The number of rotatable bonds is 13. The lowest BCUT2D eigenvalue weighted by Gasteiger charge is -2.33. The number of amides is 2. The molecule has 0 bridgehead atoms. The van der Waals surface area contributed by atoms with Gasteiger partial charge >= 0.3 is 6.18 Å². The Morgan fingerprint density at radius 2 is 1.55 bits per heavy atom. The van der Waals surface area contributed by atoms with Crippen molar-refractivity contribution in [3.63, 3.8) is 0 Å². The molecule has 3 aromatic rings. The highest BCUT2D eigenvalue weighted by molar-refractivity contribution is 7.92. The van der Waals surface area contributed by atoms with Crippen LogP contribution in [0.4, 0.5) is 18.9 Å². The molecule has 3 aromatic carbocycles. The third-order valence-electron chi connectivity index (χ3n) is 6.76. The van der Waals surface area contributed by atoms with Crippen molar-refractivity contribution in [1.82, 2.24) is 10.2 Å². The number of carbonyl (C=O) groups is 2. The van der Waals surface area contributed by atoms with E-state index in [2.05, 4.69) is 5.32 Å². The van der Waals surface area contributed by atoms with Crippen molar-refractivity contribution in [1.29, 1.82) is 0 Å². The lowest BCUT2D eigenvalue weighted by Crippen LogP contribution is -2.52. The van der Waals surface area contributed by atoms with Crippen molar-refractivity contribution in [3.05, 3.63) is 92.9 Å². The molecule has 44 heavy (non-hydrogen) atoms. The van der Waals surface area contributed by atoms with E-state index in [0.29, 0.717) is 28.9 Å². The number of nitrogens with zero attached hydrogens (tertiary/aromatic N) is 2. The molecule has 0 saturated carbocycles. The number of carbonyl (C=O) groups excluding carboxylic acids is 2. The third kappa shape index (κ3) is 8.59. The van der Waals surface area contributed by atoms with E-state index in [0.717, 1.165) is 23.5 Å². The molecular formula is C30H31Cl3F3N3O4S. The Labute approximate surface area is 269 Å². The number of alkyl halides is 3. The number of hydrogen-bond donors (Lipinski definition) is 1. The summed E-state index contributed by atoms with van der Waals surface area (Å²) in [4.78, 5) is 28.3. The molecule has 238 valence electrons. The maximum Gasteiger partial charge on any atom is 0.417 e. The summed E-state index contributed by atoms with van der Waals surface area (Å²) >= 11 is 18.6. The second kappa shape index (κ2) is 15.3. The highest BCUT2D eigenvalue weighted by Gasteiger charge is 2.37. The monoisotopic (exact) mass is 691 g/mol. The molecule has 0 aliphatic heterocycles. The topological polar surface area (TPSA) is 86.8 Å². The van der Waals surface area contributed by atoms with Gasteiger partial charge in [0, 0.05) is 28.7 Å². The van der Waals surface area contributed by atoms with Crippen LogP contribution in [0, 0.1) is 0 Å². The highest BCUT2D eigenvalue weighted by Crippen LogP contribution is 2.38. The molecule has 0 aliphatic rings. The van der Waals surface area contributed by atoms with Crippen LogP contribution in [0.15, 0.2) is 71.6 Å². The molecule has 0 spiro atoms. The average Bonchev–Trinajstić information content (AvgIpc) is 2.97. The van der Waals surface area contributed by atoms with Crippen molar-refractivity contribution in [3.8, 4) is 0 Å². The summed E-state index contributed by atoms with van der Waals surface area (Å²) in [7, 11) is -4.59. The first-order chi connectivity index (χ1) is 20.7. The van der Waals surface area contributed by atoms with Gasteiger partial charge in [-0.05, 0) is 55.3 Å². The van der Waals surface area contributed by atoms with Gasteiger partial charge in [-0.1, -0.05) is 79.3 Å². The summed E-state index contributed by atoms with van der Waals surface area (Å²) in [6, 6.07) is 13.1. The molecular weight excluding hydrogens is 662 g/mol. The fourth-order valence-electron chi connectivity index (χ4n) is 4.41. The molecule has 2 amide bonds. The fraction of sp³-hybridized carbons (Fsp3) is 0.333. The molecule has 0 aliphatic carbocycles. The first-order valence-corrected chi connectivity index (χ1v) is 16.2. The van der Waals surface area contributed by atoms with Crippen LogP contribution in [-0.2, 0) is 32.3 Å². The van der Waals surface area contributed by atoms with E-state index < -0.39 is 56.9 Å². The van der Waals surface area contributed by atoms with E-state index in [9.17, 15) is 31.2 Å². The summed E-state index contributed by atoms with van der Waals surface area (Å²) in [5.74, 6) is -1.36. The maximum atomic E-state index is 14.1. The predicted octanol–water partition coefficient (Wildman–Crippen LogP) is 7.58. The quantitative estimate of drug-likeness (QED) is 0.187. The zero-order valence-corrected chi connectivity index (χ0v) is 27.0. The Balaban J connectivity index is 2.15. The normalized spacial score (nSPS) is 12.5. The molecule has 3 rings (SSSR count). The van der Waals surface area contributed by atoms with E-state index in [4.69, 9.17) is 34.8 Å². The van der Waals surface area contributed by atoms with Crippen molar-refractivity contribution < 1.29 is 31.2 Å². The summed E-state index contributed by atoms with van der Waals surface area (Å²) in [6.07, 6.45) is -3.28. The molecule has 0 radical (unpaired) electrons. The minimum absolute atomic E-state index is 0.135. The smallest absolute Gasteiger partial charge is 0.354 e. The van der Waals surface area contributed by atoms with Gasteiger partial charge in [-0.25, -0.2) is 8.42 Å². The Kier molecular flexibility index (Phi) is 12.4. The van der Waals surface area contributed by atoms with E-state index in [-0.39, 0.29) is 27.9 Å². The number of nitrogens with one attached hydrogen (secondary N) is 1. The summed E-state index contributed by atoms with van der Waals surface area (Å²) < 4.78 is 69.7. The maximum absolute atomic E-state index is 14.1. The predicted molar refractivity (Wildman–Crippen MR) is 166 cm³/mol. The highest BCUT2D eigenvalue weighted by atomic mass is 35.5. The van der Waals surface area contributed by atoms with Gasteiger partial charge in [0.25, 0.3) is 10.0 Å². The Hall–Kier alpha value is -2.99. The number of halogens is 6. The van der Waals surface area contributed by atoms with Crippen LogP contribution < -0.4 is 9.62 Å². The fourth-order valence-corrected chi connectivity index (χ4v) is 6.58. The van der Waals surface area contributed by atoms with E-state index in [1.165, 1.54) is 24.3 Å². The lowest BCUT2D eigenvalue weighted by atomic mass is 10.1. The number of unbranched alkanes of at least 4 members (excludes halogenated alkanes) is 1. The van der Waals surface area contributed by atoms with E-state index in [1.807, 2.05) is 6.92 Å². The van der Waals surface area contributed by atoms with Gasteiger partial charge in [-0.15, -0.1) is 0 Å². The van der Waals surface area contributed by atoms with Gasteiger partial charge in [0.15, 0.2) is 0 Å². The molecule has 14 heteroatoms. The van der Waals surface area contributed by atoms with Crippen molar-refractivity contribution >= 4 is 62.3 Å². The van der Waals surface area contributed by atoms with Gasteiger partial charge in [0.2, 0.25) is 11.8 Å². The van der Waals surface area contributed by atoms with Crippen LogP contribution >= 0.6 is 34.8 Å². The largest absolute Gasteiger partial charge is 0.417 e. The molecule has 0 heterocycles.